The summed E-state index contributed by atoms with van der Waals surface area (Å²) in [6.45, 7) is 19.3. The first-order valence-electron chi connectivity index (χ1n) is 17.4. The highest BCUT2D eigenvalue weighted by Crippen LogP contribution is 2.15. The highest BCUT2D eigenvalue weighted by Gasteiger charge is 2.30. The van der Waals surface area contributed by atoms with Crippen molar-refractivity contribution in [1.29, 1.82) is 0 Å². The maximum Gasteiger partial charge on any atom is 0.329 e. The van der Waals surface area contributed by atoms with Crippen molar-refractivity contribution in [3.63, 3.8) is 0 Å². The Hall–Kier alpha value is -3.83. The van der Waals surface area contributed by atoms with Crippen LogP contribution in [0.5, 0.6) is 0 Å². The van der Waals surface area contributed by atoms with E-state index in [2.05, 4.69) is 21.3 Å². The maximum absolute atomic E-state index is 12.8. The van der Waals surface area contributed by atoms with Crippen molar-refractivity contribution in [2.75, 3.05) is 13.1 Å². The van der Waals surface area contributed by atoms with Crippen molar-refractivity contribution >= 4 is 41.6 Å². The van der Waals surface area contributed by atoms with E-state index in [0.717, 1.165) is 0 Å². The molecule has 300 valence electrons. The maximum atomic E-state index is 12.8. The summed E-state index contributed by atoms with van der Waals surface area (Å²) in [4.78, 5) is 87.4. The second-order valence-corrected chi connectivity index (χ2v) is 16.3. The van der Waals surface area contributed by atoms with Crippen molar-refractivity contribution in [1.82, 2.24) is 21.3 Å². The molecular formula is C35H63N5O12. The van der Waals surface area contributed by atoms with Crippen LogP contribution >= 0.6 is 0 Å². The molecule has 17 nitrogen and oxygen atoms in total. The van der Waals surface area contributed by atoms with Crippen LogP contribution in [0.25, 0.3) is 0 Å². The molecule has 0 saturated carbocycles. The Labute approximate surface area is 307 Å². The lowest BCUT2D eigenvalue weighted by molar-refractivity contribution is -0.161. The van der Waals surface area contributed by atoms with Crippen LogP contribution in [0.15, 0.2) is 0 Å². The van der Waals surface area contributed by atoms with Gasteiger partial charge in [0.1, 0.15) is 40.7 Å². The number of nitrogens with two attached hydrogens (primary N) is 1. The number of esters is 4. The van der Waals surface area contributed by atoms with E-state index in [1.165, 1.54) is 0 Å². The number of aliphatic hydroxyl groups is 1. The molecule has 0 rings (SSSR count). The van der Waals surface area contributed by atoms with Gasteiger partial charge in [-0.15, -0.1) is 0 Å². The molecule has 0 aliphatic rings. The molecular weight excluding hydrogens is 682 g/mol. The zero-order valence-electron chi connectivity index (χ0n) is 33.0. The monoisotopic (exact) mass is 745 g/mol. The normalized spacial score (nSPS) is 14.5. The lowest BCUT2D eigenvalue weighted by atomic mass is 10.1. The predicted octanol–water partition coefficient (Wildman–Crippen LogP) is 1.01. The minimum Gasteiger partial charge on any atom is -0.460 e. The summed E-state index contributed by atoms with van der Waals surface area (Å²) in [6, 6.07) is -3.44. The fraction of sp³-hybridized carbons (Fsp3) is 0.800. The number of ether oxygens (including phenoxy) is 4. The summed E-state index contributed by atoms with van der Waals surface area (Å²) < 4.78 is 21.3. The minimum atomic E-state index is -1.43. The third kappa shape index (κ3) is 25.2. The minimum absolute atomic E-state index is 0.0464. The zero-order valence-corrected chi connectivity index (χ0v) is 33.0. The molecule has 0 aliphatic carbocycles. The fourth-order valence-corrected chi connectivity index (χ4v) is 4.12. The van der Waals surface area contributed by atoms with Gasteiger partial charge in [0.25, 0.3) is 0 Å². The van der Waals surface area contributed by atoms with Crippen LogP contribution in [0.3, 0.4) is 0 Å². The summed E-state index contributed by atoms with van der Waals surface area (Å²) in [6.07, 6.45) is -2.22. The van der Waals surface area contributed by atoms with Crippen LogP contribution in [0.1, 0.15) is 122 Å². The van der Waals surface area contributed by atoms with Crippen LogP contribution in [-0.4, -0.2) is 107 Å². The van der Waals surface area contributed by atoms with Crippen molar-refractivity contribution in [3.8, 4) is 0 Å². The number of hydrogen-bond donors (Lipinski definition) is 6. The topological polar surface area (TPSA) is 251 Å². The number of nitrogens with one attached hydrogen (secondary N) is 4. The van der Waals surface area contributed by atoms with E-state index in [9.17, 15) is 38.7 Å². The van der Waals surface area contributed by atoms with Gasteiger partial charge in [-0.1, -0.05) is 0 Å². The first kappa shape index (κ1) is 48.2. The highest BCUT2D eigenvalue weighted by molar-refractivity contribution is 5.89. The molecule has 0 aliphatic heterocycles. The molecule has 0 aromatic rings. The van der Waals surface area contributed by atoms with Crippen LogP contribution in [0.4, 0.5) is 0 Å². The van der Waals surface area contributed by atoms with Crippen molar-refractivity contribution in [2.45, 2.75) is 168 Å². The van der Waals surface area contributed by atoms with Crippen molar-refractivity contribution in [3.05, 3.63) is 0 Å². The lowest BCUT2D eigenvalue weighted by Crippen LogP contribution is -2.52. The predicted molar refractivity (Wildman–Crippen MR) is 190 cm³/mol. The molecule has 3 amide bonds. The van der Waals surface area contributed by atoms with Gasteiger partial charge in [0.05, 0.1) is 19.1 Å². The molecule has 0 aromatic carbocycles. The molecule has 0 aromatic heterocycles. The van der Waals surface area contributed by atoms with Crippen LogP contribution in [-0.2, 0) is 52.5 Å². The standard InChI is InChI=1S/C35H63N5O12/c1-32(2,3)49-27(44)17-14-22(30(47)51-34(7,8)9)39-25(42)19-37-24(41)16-13-21(36)29(46)38-20-26(43)40-23(31(48)52-35(10,11)12)15-18-28(45)50-33(4,5)6/h21-23,26,40,43H,13-20,36H2,1-12H3,(H,37,41)(H,38,46)(H,39,42). The van der Waals surface area contributed by atoms with E-state index < -0.39 is 94.9 Å². The Morgan fingerprint density at radius 1 is 0.577 bits per heavy atom. The molecule has 17 heteroatoms. The summed E-state index contributed by atoms with van der Waals surface area (Å²) >= 11 is 0. The van der Waals surface area contributed by atoms with Crippen LogP contribution in [0.2, 0.25) is 0 Å². The number of hydrogen-bond acceptors (Lipinski definition) is 14. The van der Waals surface area contributed by atoms with E-state index >= 15 is 0 Å². The van der Waals surface area contributed by atoms with Crippen molar-refractivity contribution < 1.29 is 57.6 Å². The van der Waals surface area contributed by atoms with Gasteiger partial charge in [-0.3, -0.25) is 34.1 Å². The van der Waals surface area contributed by atoms with E-state index in [1.807, 2.05) is 0 Å². The Kier molecular flexibility index (Phi) is 19.5. The number of amides is 3. The summed E-state index contributed by atoms with van der Waals surface area (Å²) in [5, 5.41) is 20.4. The second-order valence-electron chi connectivity index (χ2n) is 16.3. The quantitative estimate of drug-likeness (QED) is 0.0614. The van der Waals surface area contributed by atoms with Gasteiger partial charge in [-0.25, -0.2) is 4.79 Å². The summed E-state index contributed by atoms with van der Waals surface area (Å²) in [5.74, 6) is -4.58. The Balaban J connectivity index is 4.99. The number of carbonyl (C=O) groups excluding carboxylic acids is 7. The first-order chi connectivity index (χ1) is 23.5. The average molecular weight is 746 g/mol. The number of rotatable bonds is 19. The van der Waals surface area contributed by atoms with Gasteiger partial charge in [0, 0.05) is 19.3 Å². The van der Waals surface area contributed by atoms with Crippen LogP contribution in [0, 0.1) is 0 Å². The second kappa shape index (κ2) is 21.0. The number of aliphatic hydroxyl groups excluding tert-OH is 1. The third-order valence-corrected chi connectivity index (χ3v) is 6.16. The summed E-state index contributed by atoms with van der Waals surface area (Å²) in [5.41, 5.74) is 2.77. The van der Waals surface area contributed by atoms with Crippen LogP contribution < -0.4 is 27.0 Å². The fourth-order valence-electron chi connectivity index (χ4n) is 4.12. The molecule has 0 fully saturated rings. The van der Waals surface area contributed by atoms with Crippen molar-refractivity contribution in [2.24, 2.45) is 5.73 Å². The molecule has 0 saturated heterocycles. The van der Waals surface area contributed by atoms with Gasteiger partial charge in [-0.05, 0) is 102 Å². The lowest BCUT2D eigenvalue weighted by Gasteiger charge is -2.27. The molecule has 0 spiro atoms. The van der Waals surface area contributed by atoms with E-state index in [0.29, 0.717) is 0 Å². The Morgan fingerprint density at radius 2 is 1.00 bits per heavy atom. The van der Waals surface area contributed by atoms with Gasteiger partial charge in [0.2, 0.25) is 17.7 Å². The van der Waals surface area contributed by atoms with Gasteiger partial charge in [0.15, 0.2) is 0 Å². The molecule has 7 N–H and O–H groups in total. The van der Waals surface area contributed by atoms with E-state index in [4.69, 9.17) is 24.7 Å². The highest BCUT2D eigenvalue weighted by atomic mass is 16.6. The third-order valence-electron chi connectivity index (χ3n) is 6.16. The smallest absolute Gasteiger partial charge is 0.329 e. The molecule has 0 heterocycles. The Morgan fingerprint density at radius 3 is 1.44 bits per heavy atom. The molecule has 0 bridgehead atoms. The first-order valence-corrected chi connectivity index (χ1v) is 17.4. The molecule has 4 unspecified atom stereocenters. The largest absolute Gasteiger partial charge is 0.460 e. The van der Waals surface area contributed by atoms with Gasteiger partial charge in [-0.2, -0.15) is 0 Å². The van der Waals surface area contributed by atoms with Gasteiger partial charge >= 0.3 is 23.9 Å². The molecule has 52 heavy (non-hydrogen) atoms. The zero-order chi connectivity index (χ0) is 40.7. The molecule has 4 atom stereocenters. The molecule has 0 radical (unpaired) electrons. The van der Waals surface area contributed by atoms with E-state index in [-0.39, 0.29) is 45.1 Å². The van der Waals surface area contributed by atoms with Gasteiger partial charge < -0.3 is 45.7 Å². The summed E-state index contributed by atoms with van der Waals surface area (Å²) in [7, 11) is 0. The average Bonchev–Trinajstić information content (AvgIpc) is 2.93. The van der Waals surface area contributed by atoms with E-state index in [1.54, 1.807) is 83.1 Å². The Bertz CT molecular complexity index is 1230. The number of carbonyl (C=O) groups is 7. The SMILES string of the molecule is CC(C)(C)OC(=O)CCC(NC(=O)CNC(=O)CCC(N)C(=O)NCC(O)NC(CCC(=O)OC(C)(C)C)C(=O)OC(C)(C)C)C(=O)OC(C)(C)C.